The van der Waals surface area contributed by atoms with E-state index in [0.717, 1.165) is 31.2 Å². The molecule has 272 valence electrons. The molecule has 2 aromatic carbocycles. The number of hydrogen-bond acceptors (Lipinski definition) is 7. The van der Waals surface area contributed by atoms with Crippen LogP contribution < -0.4 is 10.6 Å². The fraction of sp³-hybridized carbons (Fsp3) is 0.590. The molecule has 0 aliphatic rings. The maximum Gasteiger partial charge on any atom is 0.408 e. The van der Waals surface area contributed by atoms with E-state index in [1.54, 1.807) is 80.5 Å². The number of carbonyl (C=O) groups excluding carboxylic acids is 4. The van der Waals surface area contributed by atoms with Gasteiger partial charge in [-0.2, -0.15) is 0 Å². The molecule has 0 aliphatic heterocycles. The standard InChI is InChI=1S/C39H59N3O7/c1-11-12-13-14-18-24-42(35(45)31(26(2)3)41-37(47)49-39(8,9)10)32(29-23-19-20-27(4)33(29)43)34(44)40-30(36(46)48-38(5,6)7)25-28-21-16-15-17-22-28/h15-17,19-23,26,30-32,43H,11-14,18,24-25H2,1-10H3,(H,40,44)(H,41,47). The van der Waals surface area contributed by atoms with Gasteiger partial charge in [0.15, 0.2) is 0 Å². The van der Waals surface area contributed by atoms with Gasteiger partial charge in [0.1, 0.15) is 35.1 Å². The Morgan fingerprint density at radius 2 is 1.43 bits per heavy atom. The Kier molecular flexibility index (Phi) is 15.6. The van der Waals surface area contributed by atoms with Crippen molar-refractivity contribution in [3.8, 4) is 5.75 Å². The van der Waals surface area contributed by atoms with Gasteiger partial charge in [0.25, 0.3) is 0 Å². The van der Waals surface area contributed by atoms with Gasteiger partial charge in [-0.1, -0.05) is 95.0 Å². The number of nitrogens with zero attached hydrogens (tertiary/aromatic N) is 1. The third kappa shape index (κ3) is 13.8. The van der Waals surface area contributed by atoms with Crippen LogP contribution in [0.2, 0.25) is 0 Å². The minimum Gasteiger partial charge on any atom is -0.507 e. The average molecular weight is 682 g/mol. The van der Waals surface area contributed by atoms with Gasteiger partial charge < -0.3 is 30.1 Å². The summed E-state index contributed by atoms with van der Waals surface area (Å²) < 4.78 is 11.2. The molecule has 3 unspecified atom stereocenters. The topological polar surface area (TPSA) is 134 Å². The summed E-state index contributed by atoms with van der Waals surface area (Å²) in [5.41, 5.74) is -0.0751. The molecule has 10 nitrogen and oxygen atoms in total. The number of nitrogens with one attached hydrogen (secondary N) is 2. The highest BCUT2D eigenvalue weighted by atomic mass is 16.6. The van der Waals surface area contributed by atoms with Crippen molar-refractivity contribution in [2.45, 2.75) is 137 Å². The SMILES string of the molecule is CCCCCCCN(C(=O)C(NC(=O)OC(C)(C)C)C(C)C)C(C(=O)NC(Cc1ccccc1)C(=O)OC(C)(C)C)c1cccc(C)c1O. The Labute approximate surface area is 293 Å². The van der Waals surface area contributed by atoms with Crippen LogP contribution in [-0.2, 0) is 30.3 Å². The van der Waals surface area contributed by atoms with Crippen LogP contribution in [0.3, 0.4) is 0 Å². The van der Waals surface area contributed by atoms with Gasteiger partial charge in [0, 0.05) is 18.5 Å². The number of aromatic hydroxyl groups is 1. The van der Waals surface area contributed by atoms with Crippen molar-refractivity contribution in [3.63, 3.8) is 0 Å². The number of esters is 1. The number of para-hydroxylation sites is 1. The quantitative estimate of drug-likeness (QED) is 0.126. The molecule has 0 bridgehead atoms. The molecule has 10 heteroatoms. The van der Waals surface area contributed by atoms with E-state index in [1.807, 2.05) is 30.3 Å². The molecule has 0 radical (unpaired) electrons. The van der Waals surface area contributed by atoms with Gasteiger partial charge in [-0.05, 0) is 71.9 Å². The third-order valence-corrected chi connectivity index (χ3v) is 7.80. The first-order valence-electron chi connectivity index (χ1n) is 17.5. The van der Waals surface area contributed by atoms with E-state index >= 15 is 0 Å². The monoisotopic (exact) mass is 681 g/mol. The molecule has 2 rings (SSSR count). The van der Waals surface area contributed by atoms with Crippen molar-refractivity contribution in [1.29, 1.82) is 0 Å². The smallest absolute Gasteiger partial charge is 0.408 e. The number of benzene rings is 2. The first kappa shape index (κ1) is 41.1. The maximum atomic E-state index is 14.6. The predicted octanol–water partition coefficient (Wildman–Crippen LogP) is 7.16. The van der Waals surface area contributed by atoms with Gasteiger partial charge in [-0.15, -0.1) is 0 Å². The van der Waals surface area contributed by atoms with Gasteiger partial charge in [-0.3, -0.25) is 9.59 Å². The van der Waals surface area contributed by atoms with Crippen molar-refractivity contribution in [1.82, 2.24) is 15.5 Å². The van der Waals surface area contributed by atoms with Crippen LogP contribution >= 0.6 is 0 Å². The zero-order valence-electron chi connectivity index (χ0n) is 31.2. The second-order valence-corrected chi connectivity index (χ2v) is 15.0. The Balaban J connectivity index is 2.67. The van der Waals surface area contributed by atoms with E-state index in [0.29, 0.717) is 12.0 Å². The van der Waals surface area contributed by atoms with Crippen molar-refractivity contribution in [2.24, 2.45) is 5.92 Å². The lowest BCUT2D eigenvalue weighted by atomic mass is 9.96. The van der Waals surface area contributed by atoms with Gasteiger partial charge in [0.05, 0.1) is 0 Å². The first-order chi connectivity index (χ1) is 22.8. The third-order valence-electron chi connectivity index (χ3n) is 7.80. The van der Waals surface area contributed by atoms with Crippen LogP contribution in [-0.4, -0.2) is 63.7 Å². The van der Waals surface area contributed by atoms with Crippen LogP contribution in [0.4, 0.5) is 4.79 Å². The van der Waals surface area contributed by atoms with Crippen LogP contribution in [0.25, 0.3) is 0 Å². The molecule has 3 N–H and O–H groups in total. The van der Waals surface area contributed by atoms with E-state index < -0.39 is 53.2 Å². The largest absolute Gasteiger partial charge is 0.507 e. The number of alkyl carbamates (subject to hydrolysis) is 1. The molecule has 3 atom stereocenters. The molecule has 0 saturated heterocycles. The highest BCUT2D eigenvalue weighted by Crippen LogP contribution is 2.33. The number of ether oxygens (including phenoxy) is 2. The molecule has 2 aromatic rings. The average Bonchev–Trinajstić information content (AvgIpc) is 2.99. The molecule has 0 saturated carbocycles. The fourth-order valence-electron chi connectivity index (χ4n) is 5.40. The number of unbranched alkanes of at least 4 members (excludes halogenated alkanes) is 4. The summed E-state index contributed by atoms with van der Waals surface area (Å²) in [5.74, 6) is -2.29. The molecule has 0 spiro atoms. The molecule has 49 heavy (non-hydrogen) atoms. The summed E-state index contributed by atoms with van der Waals surface area (Å²) in [6.45, 7) is 18.1. The summed E-state index contributed by atoms with van der Waals surface area (Å²) in [7, 11) is 0. The Morgan fingerprint density at radius 3 is 2.00 bits per heavy atom. The van der Waals surface area contributed by atoms with Gasteiger partial charge in [-0.25, -0.2) is 9.59 Å². The number of amides is 3. The molecule has 0 fully saturated rings. The predicted molar refractivity (Wildman–Crippen MR) is 192 cm³/mol. The number of hydrogen-bond donors (Lipinski definition) is 3. The lowest BCUT2D eigenvalue weighted by Gasteiger charge is -2.36. The Morgan fingerprint density at radius 1 is 0.816 bits per heavy atom. The molecule has 0 heterocycles. The van der Waals surface area contributed by atoms with Crippen molar-refractivity contribution in [3.05, 3.63) is 65.2 Å². The van der Waals surface area contributed by atoms with Gasteiger partial charge in [0.2, 0.25) is 11.8 Å². The highest BCUT2D eigenvalue weighted by molar-refractivity contribution is 5.94. The molecular formula is C39H59N3O7. The zero-order chi connectivity index (χ0) is 36.9. The molecule has 0 aromatic heterocycles. The number of carbonyl (C=O) groups is 4. The summed E-state index contributed by atoms with van der Waals surface area (Å²) in [4.78, 5) is 57.2. The van der Waals surface area contributed by atoms with Gasteiger partial charge >= 0.3 is 12.1 Å². The Hall–Kier alpha value is -4.08. The lowest BCUT2D eigenvalue weighted by Crippen LogP contribution is -2.56. The number of rotatable bonds is 16. The first-order valence-corrected chi connectivity index (χ1v) is 17.5. The normalized spacial score (nSPS) is 13.6. The lowest BCUT2D eigenvalue weighted by molar-refractivity contribution is -0.159. The van der Waals surface area contributed by atoms with Crippen LogP contribution in [0.1, 0.15) is 117 Å². The highest BCUT2D eigenvalue weighted by Gasteiger charge is 2.40. The van der Waals surface area contributed by atoms with Crippen LogP contribution in [0.5, 0.6) is 5.75 Å². The van der Waals surface area contributed by atoms with E-state index in [9.17, 15) is 24.3 Å². The maximum absolute atomic E-state index is 14.6. The number of aryl methyl sites for hydroxylation is 1. The zero-order valence-corrected chi connectivity index (χ0v) is 31.2. The molecule has 0 aliphatic carbocycles. The van der Waals surface area contributed by atoms with Crippen LogP contribution in [0, 0.1) is 12.8 Å². The molecular weight excluding hydrogens is 622 g/mol. The Bertz CT molecular complexity index is 1380. The summed E-state index contributed by atoms with van der Waals surface area (Å²) in [5, 5.41) is 17.0. The fourth-order valence-corrected chi connectivity index (χ4v) is 5.40. The van der Waals surface area contributed by atoms with Crippen molar-refractivity contribution >= 4 is 23.9 Å². The van der Waals surface area contributed by atoms with E-state index in [2.05, 4.69) is 17.6 Å². The summed E-state index contributed by atoms with van der Waals surface area (Å²) in [6.07, 6.45) is 3.80. The number of phenols is 1. The second kappa shape index (κ2) is 18.6. The van der Waals surface area contributed by atoms with E-state index in [4.69, 9.17) is 9.47 Å². The minimum absolute atomic E-state index is 0.135. The van der Waals surface area contributed by atoms with Crippen molar-refractivity contribution in [2.75, 3.05) is 6.54 Å². The minimum atomic E-state index is -1.33. The summed E-state index contributed by atoms with van der Waals surface area (Å²) >= 11 is 0. The summed E-state index contributed by atoms with van der Waals surface area (Å²) in [6, 6.07) is 10.8. The van der Waals surface area contributed by atoms with E-state index in [1.165, 1.54) is 4.90 Å². The van der Waals surface area contributed by atoms with Crippen molar-refractivity contribution < 1.29 is 33.8 Å². The number of phenolic OH excluding ortho intramolecular Hbond substituents is 1. The van der Waals surface area contributed by atoms with E-state index in [-0.39, 0.29) is 30.2 Å². The second-order valence-electron chi connectivity index (χ2n) is 15.0. The molecule has 3 amide bonds. The van der Waals surface area contributed by atoms with Crippen LogP contribution in [0.15, 0.2) is 48.5 Å².